The van der Waals surface area contributed by atoms with Gasteiger partial charge in [-0.25, -0.2) is 0 Å². The summed E-state index contributed by atoms with van der Waals surface area (Å²) in [5.41, 5.74) is 2.07. The molecule has 1 aromatic rings. The Morgan fingerprint density at radius 3 is 2.71 bits per heavy atom. The van der Waals surface area contributed by atoms with Crippen molar-refractivity contribution in [1.29, 1.82) is 0 Å². The van der Waals surface area contributed by atoms with Gasteiger partial charge in [-0.3, -0.25) is 4.79 Å². The molecule has 0 saturated heterocycles. The van der Waals surface area contributed by atoms with E-state index in [1.54, 1.807) is 18.2 Å². The molecular weight excluding hydrogens is 214 g/mol. The Balaban J connectivity index is 2.00. The van der Waals surface area contributed by atoms with E-state index in [0.29, 0.717) is 5.57 Å². The highest BCUT2D eigenvalue weighted by Crippen LogP contribution is 2.37. The van der Waals surface area contributed by atoms with Crippen molar-refractivity contribution in [2.24, 2.45) is 0 Å². The lowest BCUT2D eigenvalue weighted by Crippen LogP contribution is -2.04. The van der Waals surface area contributed by atoms with Crippen LogP contribution in [0.3, 0.4) is 0 Å². The number of hydrogen-bond donors (Lipinski definition) is 2. The fourth-order valence-electron chi connectivity index (χ4n) is 1.97. The Labute approximate surface area is 100 Å². The van der Waals surface area contributed by atoms with E-state index in [2.05, 4.69) is 5.32 Å². The molecule has 0 bridgehead atoms. The average molecular weight is 224 g/mol. The van der Waals surface area contributed by atoms with Crippen LogP contribution in [0.15, 0.2) is 24.3 Å². The molecule has 17 heavy (non-hydrogen) atoms. The number of allylic oxidation sites excluding steroid dienone is 1. The van der Waals surface area contributed by atoms with Crippen molar-refractivity contribution in [2.45, 2.75) is 0 Å². The highest BCUT2D eigenvalue weighted by atomic mass is 16.3. The normalized spacial score (nSPS) is 21.9. The topological polar surface area (TPSA) is 49.3 Å². The zero-order valence-corrected chi connectivity index (χ0v) is 8.97. The molecule has 83 valence electrons. The van der Waals surface area contributed by atoms with Crippen LogP contribution in [0.1, 0.15) is 5.56 Å². The van der Waals surface area contributed by atoms with Gasteiger partial charge in [0.1, 0.15) is 5.75 Å². The summed E-state index contributed by atoms with van der Waals surface area (Å²) < 4.78 is 0. The molecule has 1 amide bonds. The van der Waals surface area contributed by atoms with Crippen molar-refractivity contribution in [3.05, 3.63) is 61.4 Å². The van der Waals surface area contributed by atoms with Gasteiger partial charge in [-0.05, 0) is 43.9 Å². The summed E-state index contributed by atoms with van der Waals surface area (Å²) in [6.45, 7) is 0. The highest BCUT2D eigenvalue weighted by Gasteiger charge is 2.26. The van der Waals surface area contributed by atoms with Gasteiger partial charge in [0.15, 0.2) is 0 Å². The lowest BCUT2D eigenvalue weighted by molar-refractivity contribution is -0.110. The molecule has 1 saturated carbocycles. The lowest BCUT2D eigenvalue weighted by Gasteiger charge is -2.03. The van der Waals surface area contributed by atoms with Gasteiger partial charge in [0.05, 0.1) is 0 Å². The summed E-state index contributed by atoms with van der Waals surface area (Å²) in [6, 6.07) is 4.86. The maximum absolute atomic E-state index is 11.8. The second-order valence-electron chi connectivity index (χ2n) is 3.96. The number of anilines is 1. The van der Waals surface area contributed by atoms with Crippen molar-refractivity contribution in [3.63, 3.8) is 0 Å². The first-order valence-electron chi connectivity index (χ1n) is 5.32. The molecule has 1 heterocycles. The Hall–Kier alpha value is -1.77. The van der Waals surface area contributed by atoms with E-state index in [1.165, 1.54) is 0 Å². The molecule has 1 aromatic carbocycles. The summed E-state index contributed by atoms with van der Waals surface area (Å²) in [5.74, 6) is 1.01. The fourth-order valence-corrected chi connectivity index (χ4v) is 1.97. The average Bonchev–Trinajstić information content (AvgIpc) is 2.90. The second-order valence-corrected chi connectivity index (χ2v) is 3.96. The van der Waals surface area contributed by atoms with Gasteiger partial charge in [0.2, 0.25) is 0 Å². The van der Waals surface area contributed by atoms with Crippen LogP contribution in [0.4, 0.5) is 5.69 Å². The summed E-state index contributed by atoms with van der Waals surface area (Å²) in [5, 5.41) is 12.2. The van der Waals surface area contributed by atoms with Crippen LogP contribution < -0.4 is 5.32 Å². The van der Waals surface area contributed by atoms with E-state index in [1.807, 2.05) is 31.8 Å². The van der Waals surface area contributed by atoms with Crippen molar-refractivity contribution in [1.82, 2.24) is 0 Å². The molecule has 3 nitrogen and oxygen atoms in total. The van der Waals surface area contributed by atoms with E-state index in [0.717, 1.165) is 17.2 Å². The van der Waals surface area contributed by atoms with E-state index in [4.69, 9.17) is 0 Å². The SMILES string of the molecule is O=C1Nc2ccc(O)cc2/C1=C/[C]1[CH][CH][CH][CH]1. The molecule has 0 unspecified atom stereocenters. The zero-order valence-electron chi connectivity index (χ0n) is 8.97. The number of carbonyl (C=O) groups is 1. The van der Waals surface area contributed by atoms with E-state index < -0.39 is 0 Å². The third-order valence-corrected chi connectivity index (χ3v) is 2.79. The minimum absolute atomic E-state index is 0.133. The molecule has 5 radical (unpaired) electrons. The van der Waals surface area contributed by atoms with Crippen LogP contribution in [0.5, 0.6) is 5.75 Å². The van der Waals surface area contributed by atoms with Gasteiger partial charge in [0.25, 0.3) is 5.91 Å². The van der Waals surface area contributed by atoms with Crippen LogP contribution in [-0.4, -0.2) is 11.0 Å². The predicted octanol–water partition coefficient (Wildman–Crippen LogP) is 2.13. The number of amides is 1. The molecule has 1 aliphatic heterocycles. The molecule has 3 rings (SSSR count). The first-order chi connectivity index (χ1) is 8.24. The van der Waals surface area contributed by atoms with Crippen LogP contribution in [0.2, 0.25) is 0 Å². The van der Waals surface area contributed by atoms with Crippen LogP contribution in [-0.2, 0) is 4.79 Å². The summed E-state index contributed by atoms with van der Waals surface area (Å²) in [6.07, 6.45) is 9.52. The monoisotopic (exact) mass is 224 g/mol. The molecule has 1 aliphatic carbocycles. The maximum atomic E-state index is 11.8. The maximum Gasteiger partial charge on any atom is 0.256 e. The molecule has 0 aromatic heterocycles. The van der Waals surface area contributed by atoms with Crippen LogP contribution in [0, 0.1) is 31.6 Å². The van der Waals surface area contributed by atoms with Gasteiger partial charge in [-0.15, -0.1) is 0 Å². The first kappa shape index (κ1) is 10.4. The van der Waals surface area contributed by atoms with Crippen molar-refractivity contribution in [2.75, 3.05) is 5.32 Å². The summed E-state index contributed by atoms with van der Waals surface area (Å²) in [7, 11) is 0. The Bertz CT molecular complexity index is 499. The van der Waals surface area contributed by atoms with Crippen molar-refractivity contribution in [3.8, 4) is 5.75 Å². The molecule has 2 aliphatic rings. The first-order valence-corrected chi connectivity index (χ1v) is 5.32. The van der Waals surface area contributed by atoms with E-state index >= 15 is 0 Å². The van der Waals surface area contributed by atoms with Crippen molar-refractivity contribution < 1.29 is 9.90 Å². The Morgan fingerprint density at radius 1 is 1.18 bits per heavy atom. The number of aromatic hydroxyl groups is 1. The Kier molecular flexibility index (Phi) is 2.39. The zero-order chi connectivity index (χ0) is 11.8. The summed E-state index contributed by atoms with van der Waals surface area (Å²) in [4.78, 5) is 11.8. The van der Waals surface area contributed by atoms with Crippen LogP contribution in [0.25, 0.3) is 5.57 Å². The number of nitrogens with one attached hydrogen (secondary N) is 1. The van der Waals surface area contributed by atoms with Crippen LogP contribution >= 0.6 is 0 Å². The van der Waals surface area contributed by atoms with Gasteiger partial charge in [-0.2, -0.15) is 0 Å². The Morgan fingerprint density at radius 2 is 1.94 bits per heavy atom. The van der Waals surface area contributed by atoms with Gasteiger partial charge >= 0.3 is 0 Å². The van der Waals surface area contributed by atoms with Crippen molar-refractivity contribution >= 4 is 17.2 Å². The number of carbonyl (C=O) groups excluding carboxylic acids is 1. The second kappa shape index (κ2) is 3.91. The van der Waals surface area contributed by atoms with Gasteiger partial charge in [-0.1, -0.05) is 6.08 Å². The molecule has 0 spiro atoms. The minimum atomic E-state index is -0.133. The smallest absolute Gasteiger partial charge is 0.256 e. The number of phenols is 1. The summed E-state index contributed by atoms with van der Waals surface area (Å²) >= 11 is 0. The predicted molar refractivity (Wildman–Crippen MR) is 65.2 cm³/mol. The molecule has 3 heteroatoms. The van der Waals surface area contributed by atoms with Gasteiger partial charge < -0.3 is 10.4 Å². The molecule has 1 fully saturated rings. The molecule has 0 atom stereocenters. The third kappa shape index (κ3) is 1.82. The molecular formula is C14H10NO2. The van der Waals surface area contributed by atoms with E-state index in [-0.39, 0.29) is 11.7 Å². The number of phenolic OH excluding ortho intramolecular Hbond substituents is 1. The quantitative estimate of drug-likeness (QED) is 0.567. The fraction of sp³-hybridized carbons (Fsp3) is 0. The molecule has 2 N–H and O–H groups in total. The largest absolute Gasteiger partial charge is 0.508 e. The minimum Gasteiger partial charge on any atom is -0.508 e. The van der Waals surface area contributed by atoms with Gasteiger partial charge in [0, 0.05) is 22.7 Å². The third-order valence-electron chi connectivity index (χ3n) is 2.79. The standard InChI is InChI=1S/C14H10NO2/c16-10-5-6-13-11(8-10)12(14(17)15-13)7-9-3-1-2-4-9/h1-8,16H,(H,15,17)/b12-7-. The highest BCUT2D eigenvalue weighted by molar-refractivity contribution is 6.32. The lowest BCUT2D eigenvalue weighted by atomic mass is 9.99. The number of fused-ring (bicyclic) bond motifs is 1. The number of hydrogen-bond acceptors (Lipinski definition) is 2. The number of benzene rings is 1. The number of rotatable bonds is 1. The van der Waals surface area contributed by atoms with E-state index in [9.17, 15) is 9.90 Å².